The van der Waals surface area contributed by atoms with Crippen LogP contribution in [0.25, 0.3) is 10.9 Å². The zero-order valence-electron chi connectivity index (χ0n) is 13.6. The summed E-state index contributed by atoms with van der Waals surface area (Å²) in [5, 5.41) is 4.27. The Kier molecular flexibility index (Phi) is 4.00. The number of benzene rings is 1. The van der Waals surface area contributed by atoms with Crippen molar-refractivity contribution in [3.8, 4) is 0 Å². The molecule has 1 aliphatic heterocycles. The van der Waals surface area contributed by atoms with E-state index in [1.807, 2.05) is 36.1 Å². The highest BCUT2D eigenvalue weighted by atomic mass is 19.1. The molecule has 0 bridgehead atoms. The number of imidazole rings is 1. The zero-order valence-corrected chi connectivity index (χ0v) is 13.6. The number of fused-ring (bicyclic) bond motifs is 1. The molecule has 3 heterocycles. The molecule has 0 radical (unpaired) electrons. The molecular formula is C18H20FN5. The van der Waals surface area contributed by atoms with E-state index in [0.29, 0.717) is 6.54 Å². The summed E-state index contributed by atoms with van der Waals surface area (Å²) in [6.07, 6.45) is 5.54. The molecule has 0 spiro atoms. The third kappa shape index (κ3) is 2.79. The molecule has 6 heteroatoms. The summed E-state index contributed by atoms with van der Waals surface area (Å²) in [6, 6.07) is 7.06. The van der Waals surface area contributed by atoms with Gasteiger partial charge in [0.2, 0.25) is 0 Å². The van der Waals surface area contributed by atoms with Crippen molar-refractivity contribution in [3.05, 3.63) is 60.1 Å². The van der Waals surface area contributed by atoms with Crippen LogP contribution < -0.4 is 5.32 Å². The Bertz CT molecular complexity index is 859. The predicted octanol–water partition coefficient (Wildman–Crippen LogP) is 2.25. The average molecular weight is 325 g/mol. The molecule has 5 nitrogen and oxygen atoms in total. The topological polar surface area (TPSA) is 46.0 Å². The Morgan fingerprint density at radius 1 is 1.29 bits per heavy atom. The van der Waals surface area contributed by atoms with Gasteiger partial charge in [0.15, 0.2) is 0 Å². The summed E-state index contributed by atoms with van der Waals surface area (Å²) in [5.74, 6) is 0.810. The lowest BCUT2D eigenvalue weighted by Crippen LogP contribution is -2.46. The lowest BCUT2D eigenvalue weighted by molar-refractivity contribution is 0.145. The Morgan fingerprint density at radius 3 is 3.04 bits per heavy atom. The van der Waals surface area contributed by atoms with E-state index >= 15 is 0 Å². The fourth-order valence-corrected chi connectivity index (χ4v) is 3.46. The maximum atomic E-state index is 14.0. The second kappa shape index (κ2) is 6.30. The van der Waals surface area contributed by atoms with Gasteiger partial charge in [0, 0.05) is 57.2 Å². The summed E-state index contributed by atoms with van der Waals surface area (Å²) < 4.78 is 16.1. The second-order valence-corrected chi connectivity index (χ2v) is 6.23. The van der Waals surface area contributed by atoms with Crippen LogP contribution in [0.1, 0.15) is 17.4 Å². The number of pyridine rings is 1. The minimum Gasteiger partial charge on any atom is -0.337 e. The van der Waals surface area contributed by atoms with E-state index < -0.39 is 0 Å². The second-order valence-electron chi connectivity index (χ2n) is 6.23. The van der Waals surface area contributed by atoms with Gasteiger partial charge >= 0.3 is 0 Å². The number of hydrogen-bond acceptors (Lipinski definition) is 4. The first-order valence-electron chi connectivity index (χ1n) is 8.17. The lowest BCUT2D eigenvalue weighted by atomic mass is 10.1. The van der Waals surface area contributed by atoms with Crippen molar-refractivity contribution < 1.29 is 4.39 Å². The van der Waals surface area contributed by atoms with Crippen LogP contribution in [0.4, 0.5) is 4.39 Å². The number of nitrogens with zero attached hydrogens (tertiary/aromatic N) is 4. The van der Waals surface area contributed by atoms with E-state index in [1.54, 1.807) is 18.3 Å². The highest BCUT2D eigenvalue weighted by Gasteiger charge is 2.27. The molecule has 4 rings (SSSR count). The van der Waals surface area contributed by atoms with Crippen LogP contribution in [0.2, 0.25) is 0 Å². The number of aromatic nitrogens is 3. The number of piperazine rings is 1. The molecule has 124 valence electrons. The van der Waals surface area contributed by atoms with Crippen LogP contribution in [-0.2, 0) is 13.6 Å². The van der Waals surface area contributed by atoms with Crippen molar-refractivity contribution in [2.75, 3.05) is 19.6 Å². The maximum absolute atomic E-state index is 14.0. The molecule has 0 aliphatic carbocycles. The first kappa shape index (κ1) is 15.2. The summed E-state index contributed by atoms with van der Waals surface area (Å²) in [4.78, 5) is 11.3. The molecule has 1 atom stereocenters. The molecule has 1 unspecified atom stereocenters. The first-order valence-corrected chi connectivity index (χ1v) is 8.17. The predicted molar refractivity (Wildman–Crippen MR) is 90.9 cm³/mol. The molecule has 2 aromatic heterocycles. The number of rotatable bonds is 3. The van der Waals surface area contributed by atoms with Crippen LogP contribution in [0.5, 0.6) is 0 Å². The smallest absolute Gasteiger partial charge is 0.127 e. The van der Waals surface area contributed by atoms with Crippen molar-refractivity contribution in [3.63, 3.8) is 0 Å². The largest absolute Gasteiger partial charge is 0.337 e. The van der Waals surface area contributed by atoms with Crippen LogP contribution in [0.3, 0.4) is 0 Å². The molecule has 24 heavy (non-hydrogen) atoms. The van der Waals surface area contributed by atoms with Crippen LogP contribution in [0, 0.1) is 5.82 Å². The van der Waals surface area contributed by atoms with Crippen LogP contribution in [0.15, 0.2) is 42.9 Å². The SMILES string of the molecule is Cn1ccnc1C1CNCCN1Cc1cc(F)cc2cccnc12. The molecule has 1 N–H and O–H groups in total. The highest BCUT2D eigenvalue weighted by molar-refractivity contribution is 5.81. The highest BCUT2D eigenvalue weighted by Crippen LogP contribution is 2.26. The molecule has 1 saturated heterocycles. The summed E-state index contributed by atoms with van der Waals surface area (Å²) in [6.45, 7) is 3.31. The molecular weight excluding hydrogens is 305 g/mol. The monoisotopic (exact) mass is 325 g/mol. The first-order chi connectivity index (χ1) is 11.7. The molecule has 1 aromatic carbocycles. The molecule has 0 amide bonds. The lowest BCUT2D eigenvalue weighted by Gasteiger charge is -2.35. The summed E-state index contributed by atoms with van der Waals surface area (Å²) >= 11 is 0. The van der Waals surface area contributed by atoms with Crippen LogP contribution >= 0.6 is 0 Å². The maximum Gasteiger partial charge on any atom is 0.127 e. The minimum absolute atomic E-state index is 0.167. The van der Waals surface area contributed by atoms with E-state index in [-0.39, 0.29) is 11.9 Å². The van der Waals surface area contributed by atoms with E-state index in [2.05, 4.69) is 20.2 Å². The standard InChI is InChI=1S/C18H20FN5/c1-23-7-6-22-18(23)16-11-20-5-8-24(16)12-14-10-15(19)9-13-3-2-4-21-17(13)14/h2-4,6-7,9-10,16,20H,5,8,11-12H2,1H3. The normalized spacial score (nSPS) is 19.0. The summed E-state index contributed by atoms with van der Waals surface area (Å²) in [7, 11) is 2.01. The Morgan fingerprint density at radius 2 is 2.21 bits per heavy atom. The average Bonchev–Trinajstić information content (AvgIpc) is 3.01. The zero-order chi connectivity index (χ0) is 16.5. The Labute approximate surface area is 140 Å². The van der Waals surface area contributed by atoms with E-state index in [1.165, 1.54) is 0 Å². The van der Waals surface area contributed by atoms with Crippen molar-refractivity contribution in [2.45, 2.75) is 12.6 Å². The van der Waals surface area contributed by atoms with E-state index in [9.17, 15) is 4.39 Å². The van der Waals surface area contributed by atoms with E-state index in [4.69, 9.17) is 0 Å². The fourth-order valence-electron chi connectivity index (χ4n) is 3.46. The number of nitrogens with one attached hydrogen (secondary N) is 1. The van der Waals surface area contributed by atoms with Gasteiger partial charge in [0.05, 0.1) is 11.6 Å². The van der Waals surface area contributed by atoms with Gasteiger partial charge in [-0.05, 0) is 23.8 Å². The van der Waals surface area contributed by atoms with Gasteiger partial charge in [-0.3, -0.25) is 9.88 Å². The van der Waals surface area contributed by atoms with Gasteiger partial charge in [-0.1, -0.05) is 6.07 Å². The fraction of sp³-hybridized carbons (Fsp3) is 0.333. The minimum atomic E-state index is -0.214. The third-order valence-corrected chi connectivity index (χ3v) is 4.63. The van der Waals surface area contributed by atoms with Crippen molar-refractivity contribution in [1.29, 1.82) is 0 Å². The van der Waals surface area contributed by atoms with Crippen LogP contribution in [-0.4, -0.2) is 39.1 Å². The molecule has 1 fully saturated rings. The molecule has 0 saturated carbocycles. The van der Waals surface area contributed by atoms with Crippen molar-refractivity contribution >= 4 is 10.9 Å². The number of aryl methyl sites for hydroxylation is 1. The summed E-state index contributed by atoms with van der Waals surface area (Å²) in [5.41, 5.74) is 1.79. The van der Waals surface area contributed by atoms with E-state index in [0.717, 1.165) is 41.9 Å². The van der Waals surface area contributed by atoms with Gasteiger partial charge in [0.25, 0.3) is 0 Å². The Hall–Kier alpha value is -2.31. The van der Waals surface area contributed by atoms with Gasteiger partial charge in [-0.25, -0.2) is 9.37 Å². The van der Waals surface area contributed by atoms with Gasteiger partial charge < -0.3 is 9.88 Å². The van der Waals surface area contributed by atoms with Crippen molar-refractivity contribution in [1.82, 2.24) is 24.8 Å². The van der Waals surface area contributed by atoms with Gasteiger partial charge in [-0.2, -0.15) is 0 Å². The Balaban J connectivity index is 1.70. The quantitative estimate of drug-likeness (QED) is 0.802. The van der Waals surface area contributed by atoms with Crippen molar-refractivity contribution in [2.24, 2.45) is 7.05 Å². The molecule has 3 aromatic rings. The van der Waals surface area contributed by atoms with Gasteiger partial charge in [-0.15, -0.1) is 0 Å². The number of halogens is 1. The molecule has 1 aliphatic rings. The van der Waals surface area contributed by atoms with Gasteiger partial charge in [0.1, 0.15) is 11.6 Å². The number of hydrogen-bond donors (Lipinski definition) is 1. The third-order valence-electron chi connectivity index (χ3n) is 4.63.